The van der Waals surface area contributed by atoms with Gasteiger partial charge in [0.25, 0.3) is 0 Å². The number of anilines is 1. The minimum atomic E-state index is -0.436. The van der Waals surface area contributed by atoms with Gasteiger partial charge in [0.05, 0.1) is 13.0 Å². The Hall–Kier alpha value is -2.86. The summed E-state index contributed by atoms with van der Waals surface area (Å²) < 4.78 is 5.44. The maximum absolute atomic E-state index is 12.8. The second-order valence-electron chi connectivity index (χ2n) is 6.58. The minimum absolute atomic E-state index is 0.0283. The summed E-state index contributed by atoms with van der Waals surface area (Å²) in [5.74, 6) is 0.135. The summed E-state index contributed by atoms with van der Waals surface area (Å²) >= 11 is 5.92. The Labute approximate surface area is 169 Å². The number of hydrogen-bond acceptors (Lipinski definition) is 4. The molecule has 0 spiro atoms. The lowest BCUT2D eigenvalue weighted by molar-refractivity contribution is 0.221. The third kappa shape index (κ3) is 4.17. The van der Waals surface area contributed by atoms with Crippen LogP contribution in [0.4, 0.5) is 10.5 Å². The van der Waals surface area contributed by atoms with Crippen LogP contribution in [0.15, 0.2) is 42.5 Å². The maximum atomic E-state index is 12.8. The number of ether oxygens (including phenoxy) is 1. The van der Waals surface area contributed by atoms with Crippen LogP contribution in [0.1, 0.15) is 17.0 Å². The van der Waals surface area contributed by atoms with Gasteiger partial charge in [-0.1, -0.05) is 29.8 Å². The molecular weight excluding hydrogens is 376 g/mol. The van der Waals surface area contributed by atoms with Crippen LogP contribution >= 0.6 is 11.6 Å². The van der Waals surface area contributed by atoms with E-state index in [1.807, 2.05) is 41.3 Å². The zero-order chi connectivity index (χ0) is 20.1. The van der Waals surface area contributed by atoms with E-state index in [1.165, 1.54) is 12.4 Å². The van der Waals surface area contributed by atoms with Gasteiger partial charge in [-0.15, -0.1) is 0 Å². The molecule has 146 valence electrons. The Balaban J connectivity index is 1.70. The number of hydrogen-bond donors (Lipinski definition) is 2. The zero-order valence-corrected chi connectivity index (χ0v) is 16.4. The lowest BCUT2D eigenvalue weighted by Crippen LogP contribution is -2.33. The summed E-state index contributed by atoms with van der Waals surface area (Å²) in [6.45, 7) is 1.93. The Kier molecular flexibility index (Phi) is 6.31. The second kappa shape index (κ2) is 8.89. The van der Waals surface area contributed by atoms with E-state index in [-0.39, 0.29) is 6.03 Å². The van der Waals surface area contributed by atoms with Crippen LogP contribution in [0.2, 0.25) is 5.02 Å². The number of methoxy groups -OCH3 is 1. The van der Waals surface area contributed by atoms with Gasteiger partial charge in [-0.25, -0.2) is 4.79 Å². The number of nitrogens with one attached hydrogen (secondary N) is 2. The van der Waals surface area contributed by atoms with Gasteiger partial charge in [-0.3, -0.25) is 4.90 Å². The number of nitrogens with zero attached hydrogens (tertiary/aromatic N) is 2. The molecule has 1 heterocycles. The normalized spacial score (nSPS) is 14.9. The van der Waals surface area contributed by atoms with Crippen LogP contribution in [0.3, 0.4) is 0 Å². The third-order valence-electron chi connectivity index (χ3n) is 4.93. The van der Waals surface area contributed by atoms with Crippen LogP contribution in [0.5, 0.6) is 5.75 Å². The molecule has 28 heavy (non-hydrogen) atoms. The molecule has 0 radical (unpaired) electrons. The molecule has 2 aromatic rings. The molecule has 6 nitrogen and oxygen atoms in total. The fourth-order valence-electron chi connectivity index (χ4n) is 3.32. The highest BCUT2D eigenvalue weighted by Crippen LogP contribution is 2.31. The highest BCUT2D eigenvalue weighted by Gasteiger charge is 2.29. The average molecular weight is 399 g/mol. The largest absolute Gasteiger partial charge is 0.496 e. The van der Waals surface area contributed by atoms with E-state index in [9.17, 15) is 4.79 Å². The molecule has 1 aliphatic heterocycles. The average Bonchev–Trinajstić information content (AvgIpc) is 3.09. The summed E-state index contributed by atoms with van der Waals surface area (Å²) in [5, 5.41) is 15.6. The molecule has 0 saturated carbocycles. The van der Waals surface area contributed by atoms with Crippen LogP contribution in [-0.2, 0) is 6.42 Å². The maximum Gasteiger partial charge on any atom is 0.324 e. The number of amides is 2. The molecule has 1 saturated heterocycles. The number of urea groups is 1. The van der Waals surface area contributed by atoms with Crippen LogP contribution in [-0.4, -0.2) is 50.1 Å². The molecule has 2 aromatic carbocycles. The van der Waals surface area contributed by atoms with Gasteiger partial charge in [0.15, 0.2) is 0 Å². The fraction of sp³-hybridized carbons (Fsp3) is 0.286. The molecule has 3 rings (SSSR count). The monoisotopic (exact) mass is 398 g/mol. The second-order valence-corrected chi connectivity index (χ2v) is 7.02. The summed E-state index contributed by atoms with van der Waals surface area (Å²) in [4.78, 5) is 16.4. The van der Waals surface area contributed by atoms with Gasteiger partial charge < -0.3 is 20.5 Å². The van der Waals surface area contributed by atoms with Gasteiger partial charge in [-0.2, -0.15) is 0 Å². The van der Waals surface area contributed by atoms with E-state index >= 15 is 0 Å². The van der Waals surface area contributed by atoms with Crippen molar-refractivity contribution in [2.24, 2.45) is 0 Å². The first-order chi connectivity index (χ1) is 13.6. The molecule has 1 fully saturated rings. The molecule has 7 heteroatoms. The smallest absolute Gasteiger partial charge is 0.324 e. The highest BCUT2D eigenvalue weighted by molar-refractivity contribution is 6.30. The van der Waals surface area contributed by atoms with E-state index < -0.39 is 5.92 Å². The number of halogens is 1. The Morgan fingerprint density at radius 3 is 2.50 bits per heavy atom. The first-order valence-corrected chi connectivity index (χ1v) is 9.45. The van der Waals surface area contributed by atoms with E-state index in [4.69, 9.17) is 27.2 Å². The van der Waals surface area contributed by atoms with Crippen molar-refractivity contribution in [3.63, 3.8) is 0 Å². The highest BCUT2D eigenvalue weighted by atomic mass is 35.5. The Bertz CT molecular complexity index is 861. The summed E-state index contributed by atoms with van der Waals surface area (Å²) in [5.41, 5.74) is 2.64. The van der Waals surface area contributed by atoms with Crippen molar-refractivity contribution in [2.75, 3.05) is 31.6 Å². The number of rotatable bonds is 8. The Morgan fingerprint density at radius 2 is 1.86 bits per heavy atom. The summed E-state index contributed by atoms with van der Waals surface area (Å²) in [6, 6.07) is 13.1. The van der Waals surface area contributed by atoms with E-state index in [0.717, 1.165) is 23.2 Å². The van der Waals surface area contributed by atoms with Gasteiger partial charge in [-0.05, 0) is 30.2 Å². The predicted molar refractivity (Wildman–Crippen MR) is 113 cm³/mol. The fourth-order valence-corrected chi connectivity index (χ4v) is 3.44. The molecule has 2 N–H and O–H groups in total. The van der Waals surface area contributed by atoms with Crippen molar-refractivity contribution >= 4 is 35.7 Å². The van der Waals surface area contributed by atoms with Gasteiger partial charge in [0.1, 0.15) is 5.75 Å². The van der Waals surface area contributed by atoms with Crippen LogP contribution in [0.25, 0.3) is 0 Å². The van der Waals surface area contributed by atoms with Gasteiger partial charge >= 0.3 is 6.03 Å². The number of benzene rings is 2. The van der Waals surface area contributed by atoms with Gasteiger partial charge in [0, 0.05) is 54.4 Å². The topological polar surface area (TPSA) is 80.5 Å². The van der Waals surface area contributed by atoms with Crippen molar-refractivity contribution in [1.82, 2.24) is 4.90 Å². The third-order valence-corrected chi connectivity index (χ3v) is 5.18. The van der Waals surface area contributed by atoms with Crippen molar-refractivity contribution in [2.45, 2.75) is 12.3 Å². The van der Waals surface area contributed by atoms with Crippen molar-refractivity contribution in [1.29, 1.82) is 10.8 Å². The SMILES string of the molecule is COc1cc(N2CCN(CCc3ccc(Cl)cc3)C2=O)ccc1C(C=N)C=N. The predicted octanol–water partition coefficient (Wildman–Crippen LogP) is 4.22. The molecule has 0 bridgehead atoms. The van der Waals surface area contributed by atoms with Crippen LogP contribution in [0, 0.1) is 10.8 Å². The number of carbonyl (C=O) groups excluding carboxylic acids is 1. The first-order valence-electron chi connectivity index (χ1n) is 9.07. The van der Waals surface area contributed by atoms with Gasteiger partial charge in [0.2, 0.25) is 0 Å². The summed E-state index contributed by atoms with van der Waals surface area (Å²) in [6.07, 6.45) is 3.17. The molecule has 0 atom stereocenters. The first kappa shape index (κ1) is 19.9. The van der Waals surface area contributed by atoms with E-state index in [2.05, 4.69) is 0 Å². The van der Waals surface area contributed by atoms with Crippen molar-refractivity contribution in [3.05, 3.63) is 58.6 Å². The standard InChI is InChI=1S/C21H23ClN4O2/c1-28-20-12-18(6-7-19(20)16(13-23)14-24)26-11-10-25(21(26)27)9-8-15-2-4-17(22)5-3-15/h2-7,12-14,16,23-24H,8-11H2,1H3. The molecule has 1 aliphatic rings. The molecule has 0 aliphatic carbocycles. The molecule has 0 aromatic heterocycles. The molecule has 0 unspecified atom stereocenters. The lowest BCUT2D eigenvalue weighted by atomic mass is 10.00. The Morgan fingerprint density at radius 1 is 1.14 bits per heavy atom. The van der Waals surface area contributed by atoms with E-state index in [0.29, 0.717) is 30.4 Å². The molecular formula is C21H23ClN4O2. The molecule has 2 amide bonds. The summed E-state index contributed by atoms with van der Waals surface area (Å²) in [7, 11) is 1.55. The quantitative estimate of drug-likeness (QED) is 0.653. The lowest BCUT2D eigenvalue weighted by Gasteiger charge is -2.20. The van der Waals surface area contributed by atoms with Crippen LogP contribution < -0.4 is 9.64 Å². The minimum Gasteiger partial charge on any atom is -0.496 e. The van der Waals surface area contributed by atoms with E-state index in [1.54, 1.807) is 18.1 Å². The zero-order valence-electron chi connectivity index (χ0n) is 15.7. The van der Waals surface area contributed by atoms with Crippen molar-refractivity contribution < 1.29 is 9.53 Å². The van der Waals surface area contributed by atoms with Crippen molar-refractivity contribution in [3.8, 4) is 5.75 Å². The number of carbonyl (C=O) groups is 1.